The quantitative estimate of drug-likeness (QED) is 0.839. The lowest BCUT2D eigenvalue weighted by Crippen LogP contribution is -2.59. The topological polar surface area (TPSA) is 21.3 Å². The molecule has 0 aromatic heterocycles. The zero-order chi connectivity index (χ0) is 14.3. The van der Waals surface area contributed by atoms with Crippen molar-refractivity contribution in [2.24, 2.45) is 5.41 Å². The van der Waals surface area contributed by atoms with E-state index in [0.717, 1.165) is 13.1 Å². The molecule has 1 aromatic carbocycles. The normalized spacial score (nSPS) is 32.1. The summed E-state index contributed by atoms with van der Waals surface area (Å²) in [6, 6.07) is 10.7. The van der Waals surface area contributed by atoms with Crippen LogP contribution < -0.4 is 5.32 Å². The number of hydrogen-bond acceptors (Lipinski definition) is 2. The van der Waals surface area contributed by atoms with Crippen LogP contribution in [0, 0.1) is 5.41 Å². The minimum atomic E-state index is -0.193. The van der Waals surface area contributed by atoms with Gasteiger partial charge in [-0.3, -0.25) is 0 Å². The Balaban J connectivity index is 1.80. The van der Waals surface area contributed by atoms with E-state index in [4.69, 9.17) is 4.74 Å². The van der Waals surface area contributed by atoms with Crippen molar-refractivity contribution in [3.63, 3.8) is 0 Å². The molecule has 1 N–H and O–H groups in total. The Kier molecular flexibility index (Phi) is 3.42. The van der Waals surface area contributed by atoms with E-state index in [2.05, 4.69) is 56.4 Å². The van der Waals surface area contributed by atoms with Gasteiger partial charge in [0.15, 0.2) is 0 Å². The van der Waals surface area contributed by atoms with Crippen LogP contribution in [0.25, 0.3) is 0 Å². The molecule has 20 heavy (non-hydrogen) atoms. The van der Waals surface area contributed by atoms with Crippen molar-refractivity contribution in [2.75, 3.05) is 13.1 Å². The van der Waals surface area contributed by atoms with Crippen LogP contribution in [0.1, 0.15) is 52.0 Å². The van der Waals surface area contributed by atoms with Crippen LogP contribution in [-0.4, -0.2) is 18.7 Å². The second-order valence-corrected chi connectivity index (χ2v) is 7.65. The van der Waals surface area contributed by atoms with Gasteiger partial charge in [-0.05, 0) is 43.6 Å². The Morgan fingerprint density at radius 3 is 2.20 bits per heavy atom. The molecule has 0 bridgehead atoms. The molecule has 1 spiro atoms. The molecule has 1 aliphatic heterocycles. The minimum absolute atomic E-state index is 0.0400. The second kappa shape index (κ2) is 4.85. The molecule has 1 heterocycles. The van der Waals surface area contributed by atoms with Crippen LogP contribution in [0.5, 0.6) is 0 Å². The maximum atomic E-state index is 6.72. The molecule has 2 fully saturated rings. The van der Waals surface area contributed by atoms with Gasteiger partial charge in [0, 0.05) is 13.1 Å². The summed E-state index contributed by atoms with van der Waals surface area (Å²) < 4.78 is 6.72. The molecule has 3 rings (SSSR count). The molecule has 2 nitrogen and oxygen atoms in total. The van der Waals surface area contributed by atoms with Crippen LogP contribution in [0.4, 0.5) is 0 Å². The van der Waals surface area contributed by atoms with Crippen LogP contribution in [-0.2, 0) is 10.3 Å². The summed E-state index contributed by atoms with van der Waals surface area (Å²) in [4.78, 5) is 0. The fraction of sp³-hybridized carbons (Fsp3) is 0.667. The number of ether oxygens (including phenoxy) is 1. The molecule has 1 unspecified atom stereocenters. The van der Waals surface area contributed by atoms with E-state index < -0.39 is 0 Å². The zero-order valence-corrected chi connectivity index (χ0v) is 13.0. The summed E-state index contributed by atoms with van der Waals surface area (Å²) in [6.45, 7) is 8.91. The minimum Gasteiger partial charge on any atom is -0.361 e. The Morgan fingerprint density at radius 2 is 1.55 bits per heavy atom. The first-order chi connectivity index (χ1) is 9.43. The first kappa shape index (κ1) is 14.1. The van der Waals surface area contributed by atoms with Gasteiger partial charge in [0.2, 0.25) is 0 Å². The lowest BCUT2D eigenvalue weighted by molar-refractivity contribution is -0.196. The van der Waals surface area contributed by atoms with Crippen molar-refractivity contribution in [2.45, 2.75) is 57.7 Å². The zero-order valence-electron chi connectivity index (χ0n) is 13.0. The van der Waals surface area contributed by atoms with Gasteiger partial charge in [-0.2, -0.15) is 0 Å². The molecular weight excluding hydrogens is 246 g/mol. The summed E-state index contributed by atoms with van der Waals surface area (Å²) in [5.74, 6) is 0. The predicted molar refractivity (Wildman–Crippen MR) is 82.7 cm³/mol. The van der Waals surface area contributed by atoms with Crippen molar-refractivity contribution < 1.29 is 4.74 Å². The molecule has 1 aliphatic carbocycles. The van der Waals surface area contributed by atoms with Gasteiger partial charge in [-0.25, -0.2) is 0 Å². The molecule has 1 saturated carbocycles. The monoisotopic (exact) mass is 273 g/mol. The van der Waals surface area contributed by atoms with E-state index in [1.54, 1.807) is 0 Å². The SMILES string of the molecule is CC1(C)CCC2(CC1)CNCC(C)(c1ccccc1)O2. The third-order valence-corrected chi connectivity index (χ3v) is 5.25. The van der Waals surface area contributed by atoms with Crippen molar-refractivity contribution in [1.82, 2.24) is 5.32 Å². The standard InChI is InChI=1S/C18H27NO/c1-16(2)9-11-18(12-10-16)14-19-13-17(3,20-18)15-7-5-4-6-8-15/h4-8,19H,9-14H2,1-3H3. The first-order valence-corrected chi connectivity index (χ1v) is 7.90. The molecule has 110 valence electrons. The highest BCUT2D eigenvalue weighted by Gasteiger charge is 2.47. The first-order valence-electron chi connectivity index (χ1n) is 7.90. The van der Waals surface area contributed by atoms with E-state index in [0.29, 0.717) is 5.41 Å². The molecule has 1 saturated heterocycles. The Bertz CT molecular complexity index is 458. The maximum absolute atomic E-state index is 6.72. The van der Waals surface area contributed by atoms with Gasteiger partial charge in [0.25, 0.3) is 0 Å². The highest BCUT2D eigenvalue weighted by atomic mass is 16.5. The lowest BCUT2D eigenvalue weighted by atomic mass is 9.70. The largest absolute Gasteiger partial charge is 0.361 e. The summed E-state index contributed by atoms with van der Waals surface area (Å²) in [6.07, 6.45) is 4.88. The van der Waals surface area contributed by atoms with Crippen LogP contribution in [0.15, 0.2) is 30.3 Å². The third kappa shape index (κ3) is 2.64. The van der Waals surface area contributed by atoms with Gasteiger partial charge >= 0.3 is 0 Å². The molecule has 1 atom stereocenters. The van der Waals surface area contributed by atoms with Crippen molar-refractivity contribution in [3.05, 3.63) is 35.9 Å². The Hall–Kier alpha value is -0.860. The van der Waals surface area contributed by atoms with Crippen molar-refractivity contribution in [3.8, 4) is 0 Å². The van der Waals surface area contributed by atoms with E-state index in [1.165, 1.54) is 31.2 Å². The molecular formula is C18H27NO. The molecule has 1 aromatic rings. The van der Waals surface area contributed by atoms with Gasteiger partial charge in [0.05, 0.1) is 5.60 Å². The van der Waals surface area contributed by atoms with Gasteiger partial charge < -0.3 is 10.1 Å². The maximum Gasteiger partial charge on any atom is 0.103 e. The molecule has 0 amide bonds. The van der Waals surface area contributed by atoms with Gasteiger partial charge in [0.1, 0.15) is 5.60 Å². The summed E-state index contributed by atoms with van der Waals surface area (Å²) in [7, 11) is 0. The average molecular weight is 273 g/mol. The number of morpholine rings is 1. The van der Waals surface area contributed by atoms with E-state index in [1.807, 2.05) is 0 Å². The number of benzene rings is 1. The number of nitrogens with one attached hydrogen (secondary N) is 1. The van der Waals surface area contributed by atoms with Crippen LogP contribution >= 0.6 is 0 Å². The van der Waals surface area contributed by atoms with Crippen molar-refractivity contribution in [1.29, 1.82) is 0 Å². The van der Waals surface area contributed by atoms with Crippen LogP contribution in [0.3, 0.4) is 0 Å². The number of rotatable bonds is 1. The lowest BCUT2D eigenvalue weighted by Gasteiger charge is -2.51. The van der Waals surface area contributed by atoms with E-state index in [-0.39, 0.29) is 11.2 Å². The molecule has 2 heteroatoms. The van der Waals surface area contributed by atoms with Gasteiger partial charge in [-0.15, -0.1) is 0 Å². The summed E-state index contributed by atoms with van der Waals surface area (Å²) >= 11 is 0. The highest BCUT2D eigenvalue weighted by Crippen LogP contribution is 2.46. The van der Waals surface area contributed by atoms with Crippen LogP contribution in [0.2, 0.25) is 0 Å². The highest BCUT2D eigenvalue weighted by molar-refractivity contribution is 5.23. The second-order valence-electron chi connectivity index (χ2n) is 7.65. The smallest absolute Gasteiger partial charge is 0.103 e. The van der Waals surface area contributed by atoms with E-state index >= 15 is 0 Å². The van der Waals surface area contributed by atoms with E-state index in [9.17, 15) is 0 Å². The Labute approximate surface area is 122 Å². The van der Waals surface area contributed by atoms with Crippen molar-refractivity contribution >= 4 is 0 Å². The fourth-order valence-electron chi connectivity index (χ4n) is 3.69. The molecule has 2 aliphatic rings. The number of hydrogen-bond donors (Lipinski definition) is 1. The predicted octanol–water partition coefficient (Wildman–Crippen LogP) is 3.86. The third-order valence-electron chi connectivity index (χ3n) is 5.25. The Morgan fingerprint density at radius 1 is 0.900 bits per heavy atom. The summed E-state index contributed by atoms with van der Waals surface area (Å²) in [5, 5.41) is 3.64. The fourth-order valence-corrected chi connectivity index (χ4v) is 3.69. The molecule has 0 radical (unpaired) electrons. The van der Waals surface area contributed by atoms with Gasteiger partial charge in [-0.1, -0.05) is 44.2 Å². The summed E-state index contributed by atoms with van der Waals surface area (Å²) in [5.41, 5.74) is 1.62. The average Bonchev–Trinajstić information content (AvgIpc) is 2.44.